The highest BCUT2D eigenvalue weighted by molar-refractivity contribution is 5.85. The minimum absolute atomic E-state index is 0.462. The van der Waals surface area contributed by atoms with Crippen LogP contribution in [0.25, 0.3) is 0 Å². The van der Waals surface area contributed by atoms with Crippen molar-refractivity contribution in [2.45, 2.75) is 18.9 Å². The lowest BCUT2D eigenvalue weighted by Gasteiger charge is -2.28. The van der Waals surface area contributed by atoms with Crippen LogP contribution in [0, 0.1) is 29.1 Å². The smallest absolute Gasteiger partial charge is 0.245 e. The quantitative estimate of drug-likeness (QED) is 0.488. The molecule has 0 aromatic heterocycles. The highest BCUT2D eigenvalue weighted by atomic mass is 19.2. The molecule has 3 nitrogen and oxygen atoms in total. The number of anilines is 1. The Balaban J connectivity index is 2.54. The molecular weight excluding hydrogens is 355 g/mol. The molecule has 0 fully saturated rings. The number of rotatable bonds is 5. The van der Waals surface area contributed by atoms with E-state index < -0.39 is 52.5 Å². The predicted molar refractivity (Wildman–Crippen MR) is 87.2 cm³/mol. The third-order valence-electron chi connectivity index (χ3n) is 4.00. The first kappa shape index (κ1) is 19.7. The molecule has 1 amide bonds. The lowest BCUT2D eigenvalue weighted by Crippen LogP contribution is -2.42. The molecule has 2 rings (SSSR count). The van der Waals surface area contributed by atoms with Gasteiger partial charge in [0.2, 0.25) is 11.7 Å². The Kier molecular flexibility index (Phi) is 5.84. The summed E-state index contributed by atoms with van der Waals surface area (Å²) in [6, 6.07) is 7.04. The molecule has 1 N–H and O–H groups in total. The number of nitrogens with one attached hydrogen (secondary N) is 1. The highest BCUT2D eigenvalue weighted by Gasteiger charge is 2.35. The normalized spacial score (nSPS) is 13.2. The van der Waals surface area contributed by atoms with Crippen LogP contribution in [0.5, 0.6) is 0 Å². The fraction of sp³-hybridized carbons (Fsp3) is 0.278. The zero-order valence-corrected chi connectivity index (χ0v) is 14.3. The number of carbonyl (C=O) groups excluding carboxylic acids is 1. The SMILES string of the molecule is CC(c1c(F)c(F)c(F)c(F)c1F)C(Nc1ccccc1)C(=O)N(C)C. The number of carbonyl (C=O) groups is 1. The maximum atomic E-state index is 14.1. The number of para-hydroxylation sites is 1. The van der Waals surface area contributed by atoms with Gasteiger partial charge in [0.1, 0.15) is 6.04 Å². The van der Waals surface area contributed by atoms with Crippen molar-refractivity contribution >= 4 is 11.6 Å². The van der Waals surface area contributed by atoms with Gasteiger partial charge in [-0.1, -0.05) is 25.1 Å². The molecule has 0 aliphatic rings. The first-order valence-electron chi connectivity index (χ1n) is 7.70. The van der Waals surface area contributed by atoms with Crippen molar-refractivity contribution < 1.29 is 26.7 Å². The Morgan fingerprint density at radius 3 is 1.81 bits per heavy atom. The van der Waals surface area contributed by atoms with E-state index in [0.29, 0.717) is 5.69 Å². The van der Waals surface area contributed by atoms with Gasteiger partial charge < -0.3 is 10.2 Å². The van der Waals surface area contributed by atoms with Crippen LogP contribution in [0.4, 0.5) is 27.6 Å². The monoisotopic (exact) mass is 372 g/mol. The largest absolute Gasteiger partial charge is 0.373 e. The van der Waals surface area contributed by atoms with Crippen molar-refractivity contribution in [2.75, 3.05) is 19.4 Å². The average Bonchev–Trinajstić information content (AvgIpc) is 2.63. The average molecular weight is 372 g/mol. The van der Waals surface area contributed by atoms with Crippen LogP contribution in [0.2, 0.25) is 0 Å². The van der Waals surface area contributed by atoms with Gasteiger partial charge in [-0.05, 0) is 12.1 Å². The van der Waals surface area contributed by atoms with E-state index >= 15 is 0 Å². The lowest BCUT2D eigenvalue weighted by atomic mass is 9.90. The molecule has 0 saturated heterocycles. The minimum atomic E-state index is -2.23. The molecule has 2 unspecified atom stereocenters. The number of hydrogen-bond acceptors (Lipinski definition) is 2. The second kappa shape index (κ2) is 7.72. The Morgan fingerprint density at radius 1 is 0.885 bits per heavy atom. The van der Waals surface area contributed by atoms with Gasteiger partial charge in [0.25, 0.3) is 0 Å². The van der Waals surface area contributed by atoms with Crippen LogP contribution >= 0.6 is 0 Å². The van der Waals surface area contributed by atoms with E-state index in [2.05, 4.69) is 5.32 Å². The van der Waals surface area contributed by atoms with Crippen LogP contribution in [0.3, 0.4) is 0 Å². The van der Waals surface area contributed by atoms with Crippen molar-refractivity contribution in [3.05, 3.63) is 65.0 Å². The Hall–Kier alpha value is -2.64. The molecule has 2 atom stereocenters. The summed E-state index contributed by atoms with van der Waals surface area (Å²) in [5.74, 6) is -12.1. The first-order chi connectivity index (χ1) is 12.2. The number of benzene rings is 2. The van der Waals surface area contributed by atoms with E-state index in [1.165, 1.54) is 25.9 Å². The van der Waals surface area contributed by atoms with Crippen LogP contribution in [-0.4, -0.2) is 30.9 Å². The molecule has 2 aromatic rings. The van der Waals surface area contributed by atoms with E-state index in [4.69, 9.17) is 0 Å². The van der Waals surface area contributed by atoms with Gasteiger partial charge in [-0.2, -0.15) is 0 Å². The zero-order chi connectivity index (χ0) is 19.6. The molecule has 0 aliphatic carbocycles. The Morgan fingerprint density at radius 2 is 1.35 bits per heavy atom. The summed E-state index contributed by atoms with van der Waals surface area (Å²) >= 11 is 0. The summed E-state index contributed by atoms with van der Waals surface area (Å²) < 4.78 is 68.6. The summed E-state index contributed by atoms with van der Waals surface area (Å²) in [6.45, 7) is 1.22. The second-order valence-corrected chi connectivity index (χ2v) is 5.99. The van der Waals surface area contributed by atoms with Crippen molar-refractivity contribution in [1.29, 1.82) is 0 Å². The number of amides is 1. The van der Waals surface area contributed by atoms with E-state index in [0.717, 1.165) is 0 Å². The van der Waals surface area contributed by atoms with E-state index in [1.54, 1.807) is 30.3 Å². The molecule has 140 valence electrons. The maximum Gasteiger partial charge on any atom is 0.245 e. The summed E-state index contributed by atoms with van der Waals surface area (Å²) in [5, 5.41) is 2.80. The minimum Gasteiger partial charge on any atom is -0.373 e. The van der Waals surface area contributed by atoms with Crippen molar-refractivity contribution in [3.63, 3.8) is 0 Å². The topological polar surface area (TPSA) is 32.3 Å². The third-order valence-corrected chi connectivity index (χ3v) is 4.00. The van der Waals surface area contributed by atoms with Crippen molar-refractivity contribution in [2.24, 2.45) is 0 Å². The van der Waals surface area contributed by atoms with Crippen LogP contribution in [0.1, 0.15) is 18.4 Å². The van der Waals surface area contributed by atoms with Crippen LogP contribution < -0.4 is 5.32 Å². The standard InChI is InChI=1S/C18H17F5N2O/c1-9(11-12(19)14(21)16(23)15(22)13(11)20)17(18(26)25(2)3)24-10-7-5-4-6-8-10/h4-9,17,24H,1-3H3. The molecule has 0 heterocycles. The van der Waals surface area contributed by atoms with Crippen LogP contribution in [-0.2, 0) is 4.79 Å². The van der Waals surface area contributed by atoms with Gasteiger partial charge in [-0.25, -0.2) is 22.0 Å². The van der Waals surface area contributed by atoms with E-state index in [9.17, 15) is 26.7 Å². The molecule has 0 aliphatic heterocycles. The molecule has 0 saturated carbocycles. The molecule has 0 bridgehead atoms. The number of hydrogen-bond donors (Lipinski definition) is 1. The Bertz CT molecular complexity index is 782. The summed E-state index contributed by atoms with van der Waals surface area (Å²) in [4.78, 5) is 13.6. The maximum absolute atomic E-state index is 14.1. The summed E-state index contributed by atoms with van der Waals surface area (Å²) in [7, 11) is 2.85. The fourth-order valence-corrected chi connectivity index (χ4v) is 2.58. The number of likely N-dealkylation sites (N-methyl/N-ethyl adjacent to an activating group) is 1. The molecular formula is C18H17F5N2O. The van der Waals surface area contributed by atoms with Gasteiger partial charge in [0.15, 0.2) is 23.3 Å². The van der Waals surface area contributed by atoms with Gasteiger partial charge >= 0.3 is 0 Å². The molecule has 26 heavy (non-hydrogen) atoms. The van der Waals surface area contributed by atoms with E-state index in [-0.39, 0.29) is 0 Å². The van der Waals surface area contributed by atoms with Crippen LogP contribution in [0.15, 0.2) is 30.3 Å². The third kappa shape index (κ3) is 3.63. The van der Waals surface area contributed by atoms with Gasteiger partial charge in [-0.15, -0.1) is 0 Å². The predicted octanol–water partition coefficient (Wildman–Crippen LogP) is 4.05. The van der Waals surface area contributed by atoms with E-state index in [1.807, 2.05) is 0 Å². The number of nitrogens with zero attached hydrogens (tertiary/aromatic N) is 1. The van der Waals surface area contributed by atoms with Crippen molar-refractivity contribution in [3.8, 4) is 0 Å². The van der Waals surface area contributed by atoms with Gasteiger partial charge in [0, 0.05) is 31.3 Å². The molecule has 0 spiro atoms. The summed E-state index contributed by atoms with van der Waals surface area (Å²) in [5.41, 5.74) is -0.576. The lowest BCUT2D eigenvalue weighted by molar-refractivity contribution is -0.129. The summed E-state index contributed by atoms with van der Waals surface area (Å²) in [6.07, 6.45) is 0. The fourth-order valence-electron chi connectivity index (χ4n) is 2.58. The molecule has 8 heteroatoms. The zero-order valence-electron chi connectivity index (χ0n) is 14.3. The van der Waals surface area contributed by atoms with Gasteiger partial charge in [0.05, 0.1) is 0 Å². The molecule has 0 radical (unpaired) electrons. The van der Waals surface area contributed by atoms with Gasteiger partial charge in [-0.3, -0.25) is 4.79 Å². The number of halogens is 5. The molecule has 2 aromatic carbocycles. The van der Waals surface area contributed by atoms with Crippen molar-refractivity contribution in [1.82, 2.24) is 4.90 Å². The highest BCUT2D eigenvalue weighted by Crippen LogP contribution is 2.32. The first-order valence-corrected chi connectivity index (χ1v) is 7.70. The Labute approximate surface area is 147 Å². The second-order valence-electron chi connectivity index (χ2n) is 5.99.